The van der Waals surface area contributed by atoms with Gasteiger partial charge in [-0.25, -0.2) is 0 Å². The second kappa shape index (κ2) is 21.7. The number of amides is 2. The number of esters is 1. The minimum Gasteiger partial charge on any atom is -0.463 e. The molecule has 1 aliphatic carbocycles. The fourth-order valence-electron chi connectivity index (χ4n) is 5.53. The third-order valence-electron chi connectivity index (χ3n) is 7.79. The first kappa shape index (κ1) is 35.2. The number of nitrogens with one attached hydrogen (secondary N) is 2. The molecular formula is C34H52N2O6. The minimum atomic E-state index is -0.574. The summed E-state index contributed by atoms with van der Waals surface area (Å²) < 4.78 is 11.1. The lowest BCUT2D eigenvalue weighted by molar-refractivity contribution is -0.150. The van der Waals surface area contributed by atoms with Crippen molar-refractivity contribution in [3.8, 4) is 0 Å². The van der Waals surface area contributed by atoms with Gasteiger partial charge in [0.15, 0.2) is 0 Å². The van der Waals surface area contributed by atoms with Gasteiger partial charge in [0.25, 0.3) is 0 Å². The second-order valence-electron chi connectivity index (χ2n) is 11.3. The number of rotatable bonds is 22. The average molecular weight is 585 g/mol. The standard InChI is InChI=1S/C34H52N2O6/c1-3-5-8-18-30(23-27-14-9-6-10-15-27)34(40)42-26-31(24-28-16-11-7-12-17-28)36-33(39)29(13-4-2)25-32(38)35-19-21-41-22-20-37/h3-4,6,9-10,14-15,28-31,37H,1-2,5,7-8,11-13,16-26H2,(H,35,38)(H,36,39)/t29-,30-,31+/m1/s1. The molecule has 0 radical (unpaired) electrons. The quantitative estimate of drug-likeness (QED) is 0.101. The topological polar surface area (TPSA) is 114 Å². The second-order valence-corrected chi connectivity index (χ2v) is 11.3. The maximum absolute atomic E-state index is 13.4. The molecule has 0 bridgehead atoms. The Bertz CT molecular complexity index is 931. The molecule has 8 heteroatoms. The van der Waals surface area contributed by atoms with Crippen molar-refractivity contribution in [1.29, 1.82) is 0 Å². The van der Waals surface area contributed by atoms with E-state index < -0.39 is 5.92 Å². The molecule has 1 aromatic rings. The van der Waals surface area contributed by atoms with E-state index in [1.807, 2.05) is 36.4 Å². The summed E-state index contributed by atoms with van der Waals surface area (Å²) in [6.45, 7) is 8.42. The molecule has 234 valence electrons. The van der Waals surface area contributed by atoms with Crippen LogP contribution in [0, 0.1) is 17.8 Å². The van der Waals surface area contributed by atoms with Gasteiger partial charge in [0, 0.05) is 13.0 Å². The summed E-state index contributed by atoms with van der Waals surface area (Å²) in [5.41, 5.74) is 1.09. The molecule has 0 aromatic heterocycles. The van der Waals surface area contributed by atoms with Crippen LogP contribution in [0.15, 0.2) is 55.6 Å². The number of allylic oxidation sites excluding steroid dienone is 2. The van der Waals surface area contributed by atoms with Gasteiger partial charge in [-0.15, -0.1) is 13.2 Å². The van der Waals surface area contributed by atoms with Crippen LogP contribution in [0.2, 0.25) is 0 Å². The lowest BCUT2D eigenvalue weighted by atomic mass is 9.84. The van der Waals surface area contributed by atoms with Crippen molar-refractivity contribution in [2.24, 2.45) is 17.8 Å². The smallest absolute Gasteiger partial charge is 0.309 e. The molecule has 8 nitrogen and oxygen atoms in total. The molecule has 3 atom stereocenters. The number of carbonyl (C=O) groups is 3. The van der Waals surface area contributed by atoms with Crippen LogP contribution in [-0.4, -0.2) is 61.9 Å². The van der Waals surface area contributed by atoms with Gasteiger partial charge in [0.2, 0.25) is 11.8 Å². The van der Waals surface area contributed by atoms with E-state index in [-0.39, 0.29) is 62.6 Å². The number of unbranched alkanes of at least 4 members (excludes halogenated alkanes) is 1. The number of aliphatic hydroxyl groups excluding tert-OH is 1. The Morgan fingerprint density at radius 1 is 1.02 bits per heavy atom. The van der Waals surface area contributed by atoms with Gasteiger partial charge in [-0.3, -0.25) is 14.4 Å². The van der Waals surface area contributed by atoms with Crippen molar-refractivity contribution in [3.63, 3.8) is 0 Å². The van der Waals surface area contributed by atoms with E-state index in [1.165, 1.54) is 19.3 Å². The largest absolute Gasteiger partial charge is 0.463 e. The maximum atomic E-state index is 13.4. The van der Waals surface area contributed by atoms with Crippen molar-refractivity contribution >= 4 is 17.8 Å². The van der Waals surface area contributed by atoms with Gasteiger partial charge >= 0.3 is 5.97 Å². The van der Waals surface area contributed by atoms with Crippen molar-refractivity contribution in [2.75, 3.05) is 33.0 Å². The molecule has 2 rings (SSSR count). The van der Waals surface area contributed by atoms with E-state index in [0.29, 0.717) is 31.7 Å². The number of hydrogen-bond donors (Lipinski definition) is 3. The first-order valence-corrected chi connectivity index (χ1v) is 15.6. The molecule has 2 amide bonds. The molecule has 1 saturated carbocycles. The molecule has 3 N–H and O–H groups in total. The molecule has 0 saturated heterocycles. The van der Waals surface area contributed by atoms with Crippen LogP contribution in [0.4, 0.5) is 0 Å². The van der Waals surface area contributed by atoms with Crippen LogP contribution in [0.1, 0.15) is 76.2 Å². The number of benzene rings is 1. The lowest BCUT2D eigenvalue weighted by Gasteiger charge is -2.28. The first-order valence-electron chi connectivity index (χ1n) is 15.6. The summed E-state index contributed by atoms with van der Waals surface area (Å²) >= 11 is 0. The van der Waals surface area contributed by atoms with Crippen LogP contribution in [-0.2, 0) is 30.3 Å². The molecule has 1 fully saturated rings. The number of ether oxygens (including phenoxy) is 2. The van der Waals surface area contributed by atoms with Gasteiger partial charge in [-0.2, -0.15) is 0 Å². The predicted molar refractivity (Wildman–Crippen MR) is 166 cm³/mol. The Morgan fingerprint density at radius 2 is 1.79 bits per heavy atom. The van der Waals surface area contributed by atoms with E-state index in [4.69, 9.17) is 14.6 Å². The molecule has 42 heavy (non-hydrogen) atoms. The van der Waals surface area contributed by atoms with Crippen LogP contribution in [0.3, 0.4) is 0 Å². The Balaban J connectivity index is 2.02. The summed E-state index contributed by atoms with van der Waals surface area (Å²) in [5.74, 6) is -1.09. The zero-order valence-electron chi connectivity index (χ0n) is 25.3. The minimum absolute atomic E-state index is 0.0241. The highest BCUT2D eigenvalue weighted by atomic mass is 16.5. The maximum Gasteiger partial charge on any atom is 0.309 e. The highest BCUT2D eigenvalue weighted by Crippen LogP contribution is 2.28. The Hall–Kier alpha value is -2.97. The van der Waals surface area contributed by atoms with Crippen LogP contribution < -0.4 is 10.6 Å². The van der Waals surface area contributed by atoms with Crippen molar-refractivity contribution in [1.82, 2.24) is 10.6 Å². The Morgan fingerprint density at radius 3 is 2.48 bits per heavy atom. The molecule has 0 heterocycles. The van der Waals surface area contributed by atoms with Crippen molar-refractivity contribution in [2.45, 2.75) is 83.1 Å². The number of aliphatic hydroxyl groups is 1. The SMILES string of the molecule is C=CCCC[C@H](Cc1ccccc1)C(=O)OC[C@H](CC1CCCCC1)NC(=O)[C@H](CC=C)CC(=O)NCCOCCO. The highest BCUT2D eigenvalue weighted by molar-refractivity contribution is 5.86. The van der Waals surface area contributed by atoms with Crippen LogP contribution >= 0.6 is 0 Å². The normalized spacial score (nSPS) is 15.6. The molecule has 0 aliphatic heterocycles. The van der Waals surface area contributed by atoms with Crippen LogP contribution in [0.5, 0.6) is 0 Å². The molecule has 1 aromatic carbocycles. The Kier molecular flexibility index (Phi) is 18.2. The molecule has 1 aliphatic rings. The van der Waals surface area contributed by atoms with Gasteiger partial charge < -0.3 is 25.2 Å². The van der Waals surface area contributed by atoms with Crippen LogP contribution in [0.25, 0.3) is 0 Å². The van der Waals surface area contributed by atoms with Gasteiger partial charge in [0.05, 0.1) is 37.7 Å². The third-order valence-corrected chi connectivity index (χ3v) is 7.79. The van der Waals surface area contributed by atoms with E-state index in [0.717, 1.165) is 37.7 Å². The Labute approximate surface area is 252 Å². The fourth-order valence-corrected chi connectivity index (χ4v) is 5.53. The monoisotopic (exact) mass is 584 g/mol. The van der Waals surface area contributed by atoms with Crippen molar-refractivity contribution < 1.29 is 29.0 Å². The lowest BCUT2D eigenvalue weighted by Crippen LogP contribution is -2.44. The summed E-state index contributed by atoms with van der Waals surface area (Å²) in [5, 5.41) is 14.7. The highest BCUT2D eigenvalue weighted by Gasteiger charge is 2.28. The van der Waals surface area contributed by atoms with E-state index in [2.05, 4.69) is 23.8 Å². The summed E-state index contributed by atoms with van der Waals surface area (Å²) in [6, 6.07) is 9.64. The predicted octanol–water partition coefficient (Wildman–Crippen LogP) is 4.91. The number of carbonyl (C=O) groups excluding carboxylic acids is 3. The van der Waals surface area contributed by atoms with Gasteiger partial charge in [-0.05, 0) is 50.0 Å². The van der Waals surface area contributed by atoms with E-state index >= 15 is 0 Å². The zero-order valence-corrected chi connectivity index (χ0v) is 25.3. The molecular weight excluding hydrogens is 532 g/mol. The average Bonchev–Trinajstić information content (AvgIpc) is 3.00. The first-order chi connectivity index (χ1) is 20.5. The third kappa shape index (κ3) is 14.8. The van der Waals surface area contributed by atoms with Crippen molar-refractivity contribution in [3.05, 3.63) is 61.2 Å². The van der Waals surface area contributed by atoms with Gasteiger partial charge in [0.1, 0.15) is 6.61 Å². The summed E-state index contributed by atoms with van der Waals surface area (Å²) in [6.07, 6.45) is 13.5. The van der Waals surface area contributed by atoms with E-state index in [9.17, 15) is 14.4 Å². The van der Waals surface area contributed by atoms with E-state index in [1.54, 1.807) is 6.08 Å². The summed E-state index contributed by atoms with van der Waals surface area (Å²) in [4.78, 5) is 39.2. The number of hydrogen-bond acceptors (Lipinski definition) is 6. The molecule has 0 unspecified atom stereocenters. The molecule has 0 spiro atoms. The fraction of sp³-hybridized carbons (Fsp3) is 0.618. The summed E-state index contributed by atoms with van der Waals surface area (Å²) in [7, 11) is 0. The zero-order chi connectivity index (χ0) is 30.4. The van der Waals surface area contributed by atoms with Gasteiger partial charge in [-0.1, -0.05) is 74.6 Å².